The molecule has 0 spiro atoms. The Morgan fingerprint density at radius 1 is 1.24 bits per heavy atom. The van der Waals surface area contributed by atoms with E-state index in [0.717, 1.165) is 19.5 Å². The predicted molar refractivity (Wildman–Crippen MR) is 75.3 cm³/mol. The summed E-state index contributed by atoms with van der Waals surface area (Å²) >= 11 is 0. The molecule has 0 heterocycles. The Hall–Kier alpha value is -0.860. The molecule has 2 nitrogen and oxygen atoms in total. The van der Waals surface area contributed by atoms with Gasteiger partial charge in [-0.25, -0.2) is 0 Å². The smallest absolute Gasteiger partial charge is 0.00431 e. The normalized spacial score (nSPS) is 13.7. The lowest BCUT2D eigenvalue weighted by atomic mass is 9.84. The maximum absolute atomic E-state index is 5.73. The number of benzene rings is 1. The molecule has 1 aromatic rings. The Morgan fingerprint density at radius 3 is 2.35 bits per heavy atom. The summed E-state index contributed by atoms with van der Waals surface area (Å²) in [5.41, 5.74) is 8.60. The molecular weight excluding hydrogens is 208 g/mol. The molecule has 0 aliphatic carbocycles. The molecule has 0 amide bonds. The Balaban J connectivity index is 2.47. The van der Waals surface area contributed by atoms with E-state index in [1.54, 1.807) is 0 Å². The van der Waals surface area contributed by atoms with Gasteiger partial charge in [-0.15, -0.1) is 0 Å². The quantitative estimate of drug-likeness (QED) is 0.743. The van der Waals surface area contributed by atoms with Crippen LogP contribution in [0.5, 0.6) is 0 Å². The Morgan fingerprint density at radius 2 is 1.82 bits per heavy atom. The van der Waals surface area contributed by atoms with Crippen molar-refractivity contribution in [3.63, 3.8) is 0 Å². The summed E-state index contributed by atoms with van der Waals surface area (Å²) in [6.45, 7) is 10.7. The van der Waals surface area contributed by atoms with Gasteiger partial charge in [0.15, 0.2) is 0 Å². The lowest BCUT2D eigenvalue weighted by molar-refractivity contribution is 0.458. The molecule has 0 aromatic heterocycles. The van der Waals surface area contributed by atoms with E-state index in [-0.39, 0.29) is 11.5 Å². The highest BCUT2D eigenvalue weighted by molar-refractivity contribution is 5.27. The largest absolute Gasteiger partial charge is 0.328 e. The van der Waals surface area contributed by atoms with Crippen molar-refractivity contribution in [2.45, 2.75) is 45.6 Å². The molecule has 0 aliphatic heterocycles. The highest BCUT2D eigenvalue weighted by Gasteiger charge is 2.19. The van der Waals surface area contributed by atoms with E-state index < -0.39 is 0 Å². The Kier molecular flexibility index (Phi) is 5.16. The molecule has 2 heteroatoms. The highest BCUT2D eigenvalue weighted by atomic mass is 14.9. The second-order valence-corrected chi connectivity index (χ2v) is 5.69. The van der Waals surface area contributed by atoms with Crippen LogP contribution < -0.4 is 11.1 Å². The molecular formula is C15H26N2. The second-order valence-electron chi connectivity index (χ2n) is 5.69. The van der Waals surface area contributed by atoms with Crippen LogP contribution in [0.2, 0.25) is 0 Å². The first-order chi connectivity index (χ1) is 7.92. The van der Waals surface area contributed by atoms with Gasteiger partial charge in [-0.2, -0.15) is 0 Å². The first-order valence-corrected chi connectivity index (χ1v) is 6.45. The summed E-state index contributed by atoms with van der Waals surface area (Å²) in [6, 6.07) is 9.09. The van der Waals surface area contributed by atoms with Gasteiger partial charge in [0.25, 0.3) is 0 Å². The van der Waals surface area contributed by atoms with Gasteiger partial charge in [-0.05, 0) is 32.4 Å². The fraction of sp³-hybridized carbons (Fsp3) is 0.600. The number of aryl methyl sites for hydroxylation is 1. The lowest BCUT2D eigenvalue weighted by Crippen LogP contribution is -2.35. The number of nitrogens with one attached hydrogen (secondary N) is 1. The van der Waals surface area contributed by atoms with Crippen molar-refractivity contribution in [1.82, 2.24) is 5.32 Å². The zero-order valence-corrected chi connectivity index (χ0v) is 11.6. The second kappa shape index (κ2) is 6.18. The average molecular weight is 234 g/mol. The van der Waals surface area contributed by atoms with Crippen LogP contribution in [0.4, 0.5) is 0 Å². The maximum Gasteiger partial charge on any atom is 0.00431 e. The Labute approximate surface area is 106 Å². The summed E-state index contributed by atoms with van der Waals surface area (Å²) in [5, 5.41) is 3.49. The van der Waals surface area contributed by atoms with Gasteiger partial charge >= 0.3 is 0 Å². The molecule has 0 radical (unpaired) electrons. The molecule has 3 N–H and O–H groups in total. The Bertz CT molecular complexity index is 325. The van der Waals surface area contributed by atoms with Crippen molar-refractivity contribution in [3.8, 4) is 0 Å². The molecule has 0 saturated heterocycles. The topological polar surface area (TPSA) is 38.0 Å². The van der Waals surface area contributed by atoms with Crippen LogP contribution in [0.3, 0.4) is 0 Å². The molecule has 0 aliphatic rings. The number of hydrogen-bond donors (Lipinski definition) is 2. The molecule has 1 atom stereocenters. The predicted octanol–water partition coefficient (Wildman–Crippen LogP) is 2.60. The van der Waals surface area contributed by atoms with E-state index in [0.29, 0.717) is 0 Å². The monoisotopic (exact) mass is 234 g/mol. The summed E-state index contributed by atoms with van der Waals surface area (Å²) < 4.78 is 0. The number of nitrogens with two attached hydrogens (primary N) is 1. The van der Waals surface area contributed by atoms with E-state index in [2.05, 4.69) is 50.4 Å². The molecule has 17 heavy (non-hydrogen) atoms. The average Bonchev–Trinajstić information content (AvgIpc) is 2.25. The first kappa shape index (κ1) is 14.2. The summed E-state index contributed by atoms with van der Waals surface area (Å²) in [4.78, 5) is 0. The lowest BCUT2D eigenvalue weighted by Gasteiger charge is -2.26. The van der Waals surface area contributed by atoms with Gasteiger partial charge < -0.3 is 11.1 Å². The van der Waals surface area contributed by atoms with Crippen molar-refractivity contribution < 1.29 is 0 Å². The third-order valence-electron chi connectivity index (χ3n) is 3.18. The minimum Gasteiger partial charge on any atom is -0.328 e. The number of rotatable bonds is 6. The van der Waals surface area contributed by atoms with Gasteiger partial charge in [-0.1, -0.05) is 43.7 Å². The zero-order chi connectivity index (χ0) is 12.9. The van der Waals surface area contributed by atoms with E-state index in [9.17, 15) is 0 Å². The fourth-order valence-electron chi connectivity index (χ4n) is 1.84. The van der Waals surface area contributed by atoms with Crippen molar-refractivity contribution in [2.75, 3.05) is 13.1 Å². The molecule has 0 saturated carbocycles. The fourth-order valence-corrected chi connectivity index (χ4v) is 1.84. The SMILES string of the molecule is Cc1ccc(C(C)(C)CNCCC(C)N)cc1. The number of hydrogen-bond acceptors (Lipinski definition) is 2. The first-order valence-electron chi connectivity index (χ1n) is 6.45. The summed E-state index contributed by atoms with van der Waals surface area (Å²) in [5.74, 6) is 0. The van der Waals surface area contributed by atoms with Gasteiger partial charge in [0.1, 0.15) is 0 Å². The van der Waals surface area contributed by atoms with Crippen molar-refractivity contribution in [3.05, 3.63) is 35.4 Å². The van der Waals surface area contributed by atoms with Crippen molar-refractivity contribution in [1.29, 1.82) is 0 Å². The van der Waals surface area contributed by atoms with Crippen molar-refractivity contribution in [2.24, 2.45) is 5.73 Å². The van der Waals surface area contributed by atoms with Crippen LogP contribution in [0.15, 0.2) is 24.3 Å². The zero-order valence-electron chi connectivity index (χ0n) is 11.6. The highest BCUT2D eigenvalue weighted by Crippen LogP contribution is 2.22. The van der Waals surface area contributed by atoms with Crippen LogP contribution in [-0.2, 0) is 5.41 Å². The standard InChI is InChI=1S/C15H26N2/c1-12-5-7-14(8-6-12)15(3,4)11-17-10-9-13(2)16/h5-8,13,17H,9-11,16H2,1-4H3. The molecule has 0 fully saturated rings. The minimum atomic E-state index is 0.172. The van der Waals surface area contributed by atoms with Gasteiger partial charge in [0, 0.05) is 18.0 Å². The molecule has 96 valence electrons. The van der Waals surface area contributed by atoms with Crippen LogP contribution in [0.1, 0.15) is 38.3 Å². The third kappa shape index (κ3) is 4.88. The van der Waals surface area contributed by atoms with Gasteiger partial charge in [0.2, 0.25) is 0 Å². The summed E-state index contributed by atoms with van der Waals surface area (Å²) in [7, 11) is 0. The maximum atomic E-state index is 5.73. The van der Waals surface area contributed by atoms with Crippen molar-refractivity contribution >= 4 is 0 Å². The molecule has 1 aromatic carbocycles. The van der Waals surface area contributed by atoms with E-state index in [1.165, 1.54) is 11.1 Å². The van der Waals surface area contributed by atoms with Crippen LogP contribution in [0, 0.1) is 6.92 Å². The van der Waals surface area contributed by atoms with E-state index in [1.807, 2.05) is 6.92 Å². The molecule has 0 bridgehead atoms. The van der Waals surface area contributed by atoms with Gasteiger partial charge in [-0.3, -0.25) is 0 Å². The van der Waals surface area contributed by atoms with Gasteiger partial charge in [0.05, 0.1) is 0 Å². The molecule has 1 rings (SSSR count). The third-order valence-corrected chi connectivity index (χ3v) is 3.18. The van der Waals surface area contributed by atoms with E-state index in [4.69, 9.17) is 5.73 Å². The van der Waals surface area contributed by atoms with E-state index >= 15 is 0 Å². The summed E-state index contributed by atoms with van der Waals surface area (Å²) in [6.07, 6.45) is 1.03. The van der Waals surface area contributed by atoms with Crippen LogP contribution in [0.25, 0.3) is 0 Å². The van der Waals surface area contributed by atoms with Crippen LogP contribution in [-0.4, -0.2) is 19.1 Å². The van der Waals surface area contributed by atoms with Crippen LogP contribution >= 0.6 is 0 Å². The molecule has 1 unspecified atom stereocenters. The minimum absolute atomic E-state index is 0.172.